The summed E-state index contributed by atoms with van der Waals surface area (Å²) < 4.78 is 0. The molecule has 3 N–H and O–H groups in total. The Kier molecular flexibility index (Phi) is 4.33. The number of rotatable bonds is 3. The van der Waals surface area contributed by atoms with E-state index >= 15 is 0 Å². The normalized spacial score (nSPS) is 16.9. The number of aliphatic hydroxyl groups excluding tert-OH is 1. The molecule has 1 aliphatic heterocycles. The average molecular weight is 248 g/mol. The number of aliphatic hydroxyl groups is 1. The molecule has 98 valence electrons. The number of carbonyl (C=O) groups is 1. The molecule has 2 rings (SSSR count). The van der Waals surface area contributed by atoms with Crippen LogP contribution in [-0.4, -0.2) is 35.1 Å². The highest BCUT2D eigenvalue weighted by Gasteiger charge is 2.21. The molecule has 1 amide bonds. The van der Waals surface area contributed by atoms with Crippen LogP contribution in [0.4, 0.5) is 0 Å². The number of piperidine rings is 1. The van der Waals surface area contributed by atoms with Gasteiger partial charge in [-0.05, 0) is 24.0 Å². The molecule has 0 aliphatic carbocycles. The van der Waals surface area contributed by atoms with Crippen molar-refractivity contribution in [2.24, 2.45) is 5.73 Å². The molecular weight excluding hydrogens is 228 g/mol. The zero-order valence-electron chi connectivity index (χ0n) is 10.5. The molecule has 1 fully saturated rings. The molecule has 0 bridgehead atoms. The highest BCUT2D eigenvalue weighted by atomic mass is 16.3. The maximum Gasteiger partial charge on any atom is 0.227 e. The number of likely N-dealkylation sites (tertiary alicyclic amines) is 1. The standard InChI is InChI=1S/C14H20N2O2/c15-10-12-4-2-1-3-11(12)9-14(18)16-7-5-13(17)6-8-16/h1-4,13,17H,5-10,15H2. The van der Waals surface area contributed by atoms with Gasteiger partial charge >= 0.3 is 0 Å². The van der Waals surface area contributed by atoms with E-state index in [1.54, 1.807) is 0 Å². The van der Waals surface area contributed by atoms with Crippen LogP contribution in [0.25, 0.3) is 0 Å². The van der Waals surface area contributed by atoms with E-state index < -0.39 is 0 Å². The predicted octanol–water partition coefficient (Wildman–Crippen LogP) is 0.671. The molecule has 0 unspecified atom stereocenters. The summed E-state index contributed by atoms with van der Waals surface area (Å²) in [6, 6.07) is 7.79. The fourth-order valence-corrected chi connectivity index (χ4v) is 2.32. The van der Waals surface area contributed by atoms with Crippen molar-refractivity contribution in [2.75, 3.05) is 13.1 Å². The number of hydrogen-bond donors (Lipinski definition) is 2. The van der Waals surface area contributed by atoms with Gasteiger partial charge in [-0.3, -0.25) is 4.79 Å². The first-order chi connectivity index (χ1) is 8.70. The summed E-state index contributed by atoms with van der Waals surface area (Å²) in [4.78, 5) is 14.0. The van der Waals surface area contributed by atoms with E-state index in [1.165, 1.54) is 0 Å². The molecule has 1 aromatic rings. The Morgan fingerprint density at radius 2 is 1.89 bits per heavy atom. The van der Waals surface area contributed by atoms with Crippen molar-refractivity contribution < 1.29 is 9.90 Å². The van der Waals surface area contributed by atoms with Crippen molar-refractivity contribution in [1.82, 2.24) is 4.90 Å². The van der Waals surface area contributed by atoms with Gasteiger partial charge < -0.3 is 15.7 Å². The Balaban J connectivity index is 1.98. The van der Waals surface area contributed by atoms with Crippen LogP contribution in [0.5, 0.6) is 0 Å². The number of carbonyl (C=O) groups excluding carboxylic acids is 1. The number of benzene rings is 1. The van der Waals surface area contributed by atoms with Gasteiger partial charge in [0.2, 0.25) is 5.91 Å². The number of amides is 1. The molecule has 1 aromatic carbocycles. The third-order valence-electron chi connectivity index (χ3n) is 3.50. The second-order valence-corrected chi connectivity index (χ2v) is 4.76. The van der Waals surface area contributed by atoms with E-state index in [1.807, 2.05) is 29.2 Å². The summed E-state index contributed by atoms with van der Waals surface area (Å²) in [5.41, 5.74) is 7.71. The first-order valence-corrected chi connectivity index (χ1v) is 6.43. The van der Waals surface area contributed by atoms with Gasteiger partial charge in [-0.25, -0.2) is 0 Å². The molecule has 0 atom stereocenters. The van der Waals surface area contributed by atoms with Gasteiger partial charge in [0.25, 0.3) is 0 Å². The Hall–Kier alpha value is -1.39. The lowest BCUT2D eigenvalue weighted by Gasteiger charge is -2.29. The van der Waals surface area contributed by atoms with Crippen molar-refractivity contribution >= 4 is 5.91 Å². The summed E-state index contributed by atoms with van der Waals surface area (Å²) in [6.45, 7) is 1.78. The molecular formula is C14H20N2O2. The van der Waals surface area contributed by atoms with Crippen LogP contribution in [0, 0.1) is 0 Å². The molecule has 4 heteroatoms. The maximum absolute atomic E-state index is 12.1. The zero-order valence-corrected chi connectivity index (χ0v) is 10.5. The molecule has 18 heavy (non-hydrogen) atoms. The van der Waals surface area contributed by atoms with Gasteiger partial charge in [0.15, 0.2) is 0 Å². The van der Waals surface area contributed by atoms with Gasteiger partial charge in [-0.2, -0.15) is 0 Å². The molecule has 0 aromatic heterocycles. The highest BCUT2D eigenvalue weighted by Crippen LogP contribution is 2.14. The van der Waals surface area contributed by atoms with Crippen LogP contribution in [0.1, 0.15) is 24.0 Å². The molecule has 1 saturated heterocycles. The van der Waals surface area contributed by atoms with E-state index in [4.69, 9.17) is 5.73 Å². The van der Waals surface area contributed by atoms with Crippen molar-refractivity contribution in [3.63, 3.8) is 0 Å². The van der Waals surface area contributed by atoms with Crippen LogP contribution in [0.2, 0.25) is 0 Å². The number of nitrogens with zero attached hydrogens (tertiary/aromatic N) is 1. The third kappa shape index (κ3) is 3.09. The fourth-order valence-electron chi connectivity index (χ4n) is 2.32. The second kappa shape index (κ2) is 5.98. The van der Waals surface area contributed by atoms with Gasteiger partial charge in [-0.15, -0.1) is 0 Å². The van der Waals surface area contributed by atoms with E-state index in [0.29, 0.717) is 38.9 Å². The van der Waals surface area contributed by atoms with Crippen LogP contribution in [0.3, 0.4) is 0 Å². The average Bonchev–Trinajstić information content (AvgIpc) is 2.40. The van der Waals surface area contributed by atoms with Gasteiger partial charge in [0, 0.05) is 19.6 Å². The smallest absolute Gasteiger partial charge is 0.227 e. The lowest BCUT2D eigenvalue weighted by Crippen LogP contribution is -2.40. The number of hydrogen-bond acceptors (Lipinski definition) is 3. The Morgan fingerprint density at radius 3 is 2.50 bits per heavy atom. The van der Waals surface area contributed by atoms with Gasteiger partial charge in [-0.1, -0.05) is 24.3 Å². The van der Waals surface area contributed by atoms with Crippen LogP contribution >= 0.6 is 0 Å². The topological polar surface area (TPSA) is 66.6 Å². The van der Waals surface area contributed by atoms with E-state index in [2.05, 4.69) is 0 Å². The minimum absolute atomic E-state index is 0.128. The van der Waals surface area contributed by atoms with Crippen molar-refractivity contribution in [1.29, 1.82) is 0 Å². The first-order valence-electron chi connectivity index (χ1n) is 6.43. The lowest BCUT2D eigenvalue weighted by atomic mass is 10.0. The summed E-state index contributed by atoms with van der Waals surface area (Å²) in [5.74, 6) is 0.128. The second-order valence-electron chi connectivity index (χ2n) is 4.76. The zero-order chi connectivity index (χ0) is 13.0. The Morgan fingerprint density at radius 1 is 1.28 bits per heavy atom. The first kappa shape index (κ1) is 13.1. The minimum atomic E-state index is -0.245. The highest BCUT2D eigenvalue weighted by molar-refractivity contribution is 5.79. The van der Waals surface area contributed by atoms with Crippen LogP contribution in [0.15, 0.2) is 24.3 Å². The summed E-state index contributed by atoms with van der Waals surface area (Å²) in [7, 11) is 0. The predicted molar refractivity (Wildman–Crippen MR) is 69.9 cm³/mol. The quantitative estimate of drug-likeness (QED) is 0.826. The van der Waals surface area contributed by atoms with Crippen molar-refractivity contribution in [3.8, 4) is 0 Å². The minimum Gasteiger partial charge on any atom is -0.393 e. The van der Waals surface area contributed by atoms with Crippen LogP contribution in [-0.2, 0) is 17.8 Å². The van der Waals surface area contributed by atoms with Gasteiger partial charge in [0.05, 0.1) is 12.5 Å². The molecule has 0 saturated carbocycles. The Labute approximate surface area is 107 Å². The van der Waals surface area contributed by atoms with E-state index in [-0.39, 0.29) is 12.0 Å². The van der Waals surface area contributed by atoms with Crippen molar-refractivity contribution in [3.05, 3.63) is 35.4 Å². The molecule has 1 heterocycles. The molecule has 4 nitrogen and oxygen atoms in total. The molecule has 1 aliphatic rings. The summed E-state index contributed by atoms with van der Waals surface area (Å²) >= 11 is 0. The monoisotopic (exact) mass is 248 g/mol. The molecule has 0 spiro atoms. The third-order valence-corrected chi connectivity index (χ3v) is 3.50. The van der Waals surface area contributed by atoms with Gasteiger partial charge in [0.1, 0.15) is 0 Å². The lowest BCUT2D eigenvalue weighted by molar-refractivity contribution is -0.132. The van der Waals surface area contributed by atoms with Crippen molar-refractivity contribution in [2.45, 2.75) is 31.9 Å². The maximum atomic E-state index is 12.1. The molecule has 0 radical (unpaired) electrons. The summed E-state index contributed by atoms with van der Waals surface area (Å²) in [6.07, 6.45) is 1.53. The fraction of sp³-hybridized carbons (Fsp3) is 0.500. The summed E-state index contributed by atoms with van der Waals surface area (Å²) in [5, 5.41) is 9.43. The van der Waals surface area contributed by atoms with Crippen LogP contribution < -0.4 is 5.73 Å². The number of nitrogens with two attached hydrogens (primary N) is 1. The largest absolute Gasteiger partial charge is 0.393 e. The van der Waals surface area contributed by atoms with E-state index in [9.17, 15) is 9.90 Å². The SMILES string of the molecule is NCc1ccccc1CC(=O)N1CCC(O)CC1. The Bertz CT molecular complexity index is 412. The van der Waals surface area contributed by atoms with E-state index in [0.717, 1.165) is 11.1 Å².